The number of phosphoric ester groups is 1. The lowest BCUT2D eigenvalue weighted by Gasteiger charge is -2.23. The van der Waals surface area contributed by atoms with Gasteiger partial charge in [-0.1, -0.05) is 204 Å². The number of aliphatic hydroxyl groups is 1. The Morgan fingerprint density at radius 3 is 1.45 bits per heavy atom. The molecule has 0 radical (unpaired) electrons. The fourth-order valence-corrected chi connectivity index (χ4v) is 7.63. The molecule has 0 aliphatic heterocycles. The largest absolute Gasteiger partial charge is 0.472 e. The first-order valence-electron chi connectivity index (χ1n) is 23.6. The highest BCUT2D eigenvalue weighted by Gasteiger charge is 2.26. The van der Waals surface area contributed by atoms with Gasteiger partial charge in [-0.2, -0.15) is 0 Å². The monoisotopic (exact) mass is 811 g/mol. The van der Waals surface area contributed by atoms with Crippen molar-refractivity contribution < 1.29 is 28.4 Å². The molecule has 0 aliphatic carbocycles. The lowest BCUT2D eigenvalue weighted by molar-refractivity contribution is -0.123. The van der Waals surface area contributed by atoms with Crippen LogP contribution in [0.4, 0.5) is 0 Å². The Morgan fingerprint density at radius 1 is 0.589 bits per heavy atom. The molecule has 0 heterocycles. The molecule has 0 spiro atoms. The molecule has 0 saturated carbocycles. The molecule has 3 unspecified atom stereocenters. The number of carbonyl (C=O) groups excluding carboxylic acids is 1. The molecule has 0 aliphatic rings. The van der Waals surface area contributed by atoms with Crippen molar-refractivity contribution in [3.63, 3.8) is 0 Å². The number of allylic oxidation sites excluding steroid dienone is 5. The molecule has 0 fully saturated rings. The van der Waals surface area contributed by atoms with Crippen LogP contribution in [0.5, 0.6) is 0 Å². The highest BCUT2D eigenvalue weighted by Crippen LogP contribution is 2.43. The third-order valence-corrected chi connectivity index (χ3v) is 11.4. The number of nitrogens with two attached hydrogens (primary N) is 1. The van der Waals surface area contributed by atoms with E-state index in [0.717, 1.165) is 51.4 Å². The van der Waals surface area contributed by atoms with E-state index in [2.05, 4.69) is 43.5 Å². The SMILES string of the molecule is CCCCC/C=C\C/C=C\CCCCCCCCCC(=O)NC(COP(=O)(O)OCCN)C(O)/C=C/CCCCCCCCCCCCCCCCCCCC. The number of amides is 1. The molecule has 0 saturated heterocycles. The van der Waals surface area contributed by atoms with Crippen molar-refractivity contribution in [2.24, 2.45) is 5.73 Å². The Bertz CT molecular complexity index is 974. The van der Waals surface area contributed by atoms with Gasteiger partial charge in [-0.25, -0.2) is 4.57 Å². The highest BCUT2D eigenvalue weighted by molar-refractivity contribution is 7.47. The van der Waals surface area contributed by atoms with Crippen LogP contribution >= 0.6 is 7.82 Å². The summed E-state index contributed by atoms with van der Waals surface area (Å²) < 4.78 is 22.2. The maximum atomic E-state index is 12.8. The van der Waals surface area contributed by atoms with E-state index in [1.807, 2.05) is 6.08 Å². The number of nitrogens with one attached hydrogen (secondary N) is 1. The van der Waals surface area contributed by atoms with Crippen LogP contribution in [-0.4, -0.2) is 47.8 Å². The van der Waals surface area contributed by atoms with Gasteiger partial charge in [0.05, 0.1) is 25.4 Å². The van der Waals surface area contributed by atoms with Gasteiger partial charge in [0.2, 0.25) is 5.91 Å². The second kappa shape index (κ2) is 43.3. The third-order valence-electron chi connectivity index (χ3n) is 10.5. The first-order chi connectivity index (χ1) is 27.4. The Morgan fingerprint density at radius 2 is 0.982 bits per heavy atom. The van der Waals surface area contributed by atoms with Crippen molar-refractivity contribution in [1.29, 1.82) is 0 Å². The Balaban J connectivity index is 4.17. The summed E-state index contributed by atoms with van der Waals surface area (Å²) in [5.41, 5.74) is 5.38. The molecule has 3 atom stereocenters. The van der Waals surface area contributed by atoms with Crippen molar-refractivity contribution in [2.75, 3.05) is 19.8 Å². The molecule has 56 heavy (non-hydrogen) atoms. The zero-order valence-corrected chi connectivity index (χ0v) is 37.5. The molecule has 9 heteroatoms. The van der Waals surface area contributed by atoms with Crippen molar-refractivity contribution in [3.05, 3.63) is 36.5 Å². The second-order valence-corrected chi connectivity index (χ2v) is 17.4. The number of phosphoric acid groups is 1. The summed E-state index contributed by atoms with van der Waals surface area (Å²) in [7, 11) is -4.34. The van der Waals surface area contributed by atoms with Crippen LogP contribution in [-0.2, 0) is 18.4 Å². The normalized spacial score (nSPS) is 14.3. The van der Waals surface area contributed by atoms with Crippen LogP contribution in [0, 0.1) is 0 Å². The molecule has 5 N–H and O–H groups in total. The maximum absolute atomic E-state index is 12.8. The topological polar surface area (TPSA) is 131 Å². The van der Waals surface area contributed by atoms with Gasteiger partial charge in [0, 0.05) is 13.0 Å². The van der Waals surface area contributed by atoms with Crippen molar-refractivity contribution >= 4 is 13.7 Å². The minimum atomic E-state index is -4.34. The van der Waals surface area contributed by atoms with E-state index in [9.17, 15) is 19.4 Å². The molecule has 0 aromatic carbocycles. The van der Waals surface area contributed by atoms with Gasteiger partial charge in [0.15, 0.2) is 0 Å². The molecule has 330 valence electrons. The fraction of sp³-hybridized carbons (Fsp3) is 0.851. The Hall–Kier alpha value is -1.28. The molecule has 0 bridgehead atoms. The number of carbonyl (C=O) groups is 1. The van der Waals surface area contributed by atoms with Gasteiger partial charge in [-0.3, -0.25) is 13.8 Å². The summed E-state index contributed by atoms with van der Waals surface area (Å²) >= 11 is 0. The van der Waals surface area contributed by atoms with Crippen LogP contribution in [0.25, 0.3) is 0 Å². The van der Waals surface area contributed by atoms with Crippen molar-refractivity contribution in [3.8, 4) is 0 Å². The summed E-state index contributed by atoms with van der Waals surface area (Å²) in [6.45, 7) is 4.12. The van der Waals surface area contributed by atoms with E-state index in [1.54, 1.807) is 6.08 Å². The van der Waals surface area contributed by atoms with E-state index in [0.29, 0.717) is 6.42 Å². The quantitative estimate of drug-likeness (QED) is 0.0274. The zero-order chi connectivity index (χ0) is 41.1. The summed E-state index contributed by atoms with van der Waals surface area (Å²) in [6, 6.07) is -0.864. The zero-order valence-electron chi connectivity index (χ0n) is 36.6. The van der Waals surface area contributed by atoms with Crippen LogP contribution in [0.1, 0.15) is 226 Å². The van der Waals surface area contributed by atoms with Gasteiger partial charge in [-0.05, 0) is 51.4 Å². The van der Waals surface area contributed by atoms with Crippen LogP contribution in [0.2, 0.25) is 0 Å². The number of unbranched alkanes of at least 4 members (excludes halogenated alkanes) is 28. The molecule has 1 amide bonds. The summed E-state index contributed by atoms with van der Waals surface area (Å²) in [5, 5.41) is 13.7. The van der Waals surface area contributed by atoms with Crippen LogP contribution in [0.3, 0.4) is 0 Å². The summed E-state index contributed by atoms with van der Waals surface area (Å²) in [4.78, 5) is 22.7. The van der Waals surface area contributed by atoms with Gasteiger partial charge >= 0.3 is 7.82 Å². The Labute approximate surface area is 346 Å². The second-order valence-electron chi connectivity index (χ2n) is 16.0. The first kappa shape index (κ1) is 54.7. The van der Waals surface area contributed by atoms with E-state index in [4.69, 9.17) is 14.8 Å². The minimum absolute atomic E-state index is 0.0770. The summed E-state index contributed by atoms with van der Waals surface area (Å²) in [6.07, 6.45) is 51.9. The van der Waals surface area contributed by atoms with Crippen molar-refractivity contribution in [1.82, 2.24) is 5.32 Å². The molecule has 0 rings (SSSR count). The standard InChI is InChI=1S/C47H91N2O6P/c1-3-5-7-9-11-13-15-17-19-21-22-23-25-26-28-30-32-34-36-38-40-46(50)45(44-55-56(52,53)54-43-42-48)49-47(51)41-39-37-35-33-31-29-27-24-20-18-16-14-12-10-8-6-4-2/h12,14,18,20,38,40,45-46,50H,3-11,13,15-17,19,21-37,39,41-44,48H2,1-2H3,(H,49,51)(H,52,53)/b14-12-,20-18-,40-38+. The molecular formula is C47H91N2O6P. The first-order valence-corrected chi connectivity index (χ1v) is 25.1. The van der Waals surface area contributed by atoms with Gasteiger partial charge in [0.25, 0.3) is 0 Å². The van der Waals surface area contributed by atoms with Gasteiger partial charge in [-0.15, -0.1) is 0 Å². The van der Waals surface area contributed by atoms with Crippen LogP contribution < -0.4 is 11.1 Å². The van der Waals surface area contributed by atoms with Crippen LogP contribution in [0.15, 0.2) is 36.5 Å². The smallest absolute Gasteiger partial charge is 0.387 e. The number of hydrogen-bond acceptors (Lipinski definition) is 6. The minimum Gasteiger partial charge on any atom is -0.387 e. The number of aliphatic hydroxyl groups excluding tert-OH is 1. The lowest BCUT2D eigenvalue weighted by Crippen LogP contribution is -2.45. The predicted molar refractivity (Wildman–Crippen MR) is 240 cm³/mol. The predicted octanol–water partition coefficient (Wildman–Crippen LogP) is 13.5. The maximum Gasteiger partial charge on any atom is 0.472 e. The molecule has 0 aromatic heterocycles. The van der Waals surface area contributed by atoms with Gasteiger partial charge < -0.3 is 21.1 Å². The molecule has 0 aromatic rings. The van der Waals surface area contributed by atoms with Crippen molar-refractivity contribution in [2.45, 2.75) is 238 Å². The van der Waals surface area contributed by atoms with E-state index in [-0.39, 0.29) is 25.7 Å². The van der Waals surface area contributed by atoms with E-state index >= 15 is 0 Å². The average Bonchev–Trinajstić information content (AvgIpc) is 3.19. The fourth-order valence-electron chi connectivity index (χ4n) is 6.87. The van der Waals surface area contributed by atoms with Gasteiger partial charge in [0.1, 0.15) is 0 Å². The number of hydrogen-bond donors (Lipinski definition) is 4. The van der Waals surface area contributed by atoms with E-state index < -0.39 is 20.0 Å². The lowest BCUT2D eigenvalue weighted by atomic mass is 10.0. The third kappa shape index (κ3) is 40.9. The summed E-state index contributed by atoms with van der Waals surface area (Å²) in [5.74, 6) is -0.201. The number of rotatable bonds is 44. The van der Waals surface area contributed by atoms with E-state index in [1.165, 1.54) is 154 Å². The molecule has 8 nitrogen and oxygen atoms in total. The molecular weight excluding hydrogens is 719 g/mol. The average molecular weight is 811 g/mol. The Kier molecular flexibility index (Phi) is 42.3. The highest BCUT2D eigenvalue weighted by atomic mass is 31.2.